The van der Waals surface area contributed by atoms with Crippen molar-refractivity contribution in [1.29, 1.82) is 0 Å². The number of hydrogen-bond donors (Lipinski definition) is 1. The Morgan fingerprint density at radius 2 is 2.18 bits per heavy atom. The summed E-state index contributed by atoms with van der Waals surface area (Å²) in [7, 11) is 0. The van der Waals surface area contributed by atoms with Gasteiger partial charge in [-0.15, -0.1) is 0 Å². The van der Waals surface area contributed by atoms with Gasteiger partial charge in [-0.3, -0.25) is 0 Å². The van der Waals surface area contributed by atoms with E-state index in [2.05, 4.69) is 42.0 Å². The summed E-state index contributed by atoms with van der Waals surface area (Å²) in [6.07, 6.45) is 5.70. The van der Waals surface area contributed by atoms with Gasteiger partial charge in [0.15, 0.2) is 5.82 Å². The predicted octanol–water partition coefficient (Wildman–Crippen LogP) is 3.49. The number of pyridine rings is 1. The highest BCUT2D eigenvalue weighted by atomic mass is 15.3. The van der Waals surface area contributed by atoms with Gasteiger partial charge in [0.05, 0.1) is 12.4 Å². The Morgan fingerprint density at radius 3 is 2.94 bits per heavy atom. The molecule has 0 bridgehead atoms. The van der Waals surface area contributed by atoms with Gasteiger partial charge in [0.2, 0.25) is 0 Å². The lowest BCUT2D eigenvalue weighted by Gasteiger charge is -2.20. The molecule has 0 unspecified atom stereocenters. The number of hydrogen-bond acceptors (Lipinski definition) is 3. The van der Waals surface area contributed by atoms with E-state index in [0.29, 0.717) is 5.41 Å². The summed E-state index contributed by atoms with van der Waals surface area (Å²) < 4.78 is 0. The van der Waals surface area contributed by atoms with Crippen LogP contribution in [0.3, 0.4) is 0 Å². The molecule has 1 aromatic rings. The molecule has 3 nitrogen and oxygen atoms in total. The van der Waals surface area contributed by atoms with Crippen LogP contribution < -0.4 is 10.2 Å². The Bertz CT molecular complexity index is 368. The largest absolute Gasteiger partial charge is 0.365 e. The fourth-order valence-electron chi connectivity index (χ4n) is 2.19. The minimum Gasteiger partial charge on any atom is -0.365 e. The van der Waals surface area contributed by atoms with Crippen LogP contribution in [0.4, 0.5) is 11.5 Å². The molecule has 17 heavy (non-hydrogen) atoms. The second kappa shape index (κ2) is 4.94. The van der Waals surface area contributed by atoms with Crippen molar-refractivity contribution in [2.24, 2.45) is 5.41 Å². The van der Waals surface area contributed by atoms with E-state index in [0.717, 1.165) is 19.0 Å². The molecule has 94 valence electrons. The first-order chi connectivity index (χ1) is 8.06. The zero-order valence-corrected chi connectivity index (χ0v) is 11.2. The molecule has 0 amide bonds. The third kappa shape index (κ3) is 3.35. The van der Waals surface area contributed by atoms with Crippen LogP contribution in [0.5, 0.6) is 0 Å². The first kappa shape index (κ1) is 12.2. The zero-order valence-electron chi connectivity index (χ0n) is 11.2. The summed E-state index contributed by atoms with van der Waals surface area (Å²) in [5.41, 5.74) is 1.63. The van der Waals surface area contributed by atoms with Gasteiger partial charge in [-0.25, -0.2) is 4.98 Å². The smallest absolute Gasteiger partial charge is 0.153 e. The van der Waals surface area contributed by atoms with Crippen molar-refractivity contribution in [2.45, 2.75) is 40.0 Å². The minimum absolute atomic E-state index is 0.458. The first-order valence-corrected chi connectivity index (χ1v) is 6.50. The highest BCUT2D eigenvalue weighted by Gasteiger charge is 2.18. The number of nitrogens with one attached hydrogen (secondary N) is 1. The van der Waals surface area contributed by atoms with E-state index in [-0.39, 0.29) is 0 Å². The Kier molecular flexibility index (Phi) is 3.55. The van der Waals surface area contributed by atoms with Gasteiger partial charge in [-0.2, -0.15) is 0 Å². The van der Waals surface area contributed by atoms with Crippen molar-refractivity contribution in [3.05, 3.63) is 18.3 Å². The number of anilines is 2. The number of fused-ring (bicyclic) bond motifs is 1. The maximum atomic E-state index is 4.43. The monoisotopic (exact) mass is 233 g/mol. The molecule has 0 saturated carbocycles. The third-order valence-corrected chi connectivity index (χ3v) is 3.15. The van der Waals surface area contributed by atoms with Crippen LogP contribution in [-0.4, -0.2) is 18.2 Å². The van der Waals surface area contributed by atoms with Crippen LogP contribution in [0.25, 0.3) is 0 Å². The normalized spacial score (nSPS) is 14.6. The van der Waals surface area contributed by atoms with Gasteiger partial charge in [0, 0.05) is 12.7 Å². The van der Waals surface area contributed by atoms with Gasteiger partial charge in [-0.05, 0) is 30.4 Å². The lowest BCUT2D eigenvalue weighted by atomic mass is 9.90. The molecule has 0 aromatic carbocycles. The van der Waals surface area contributed by atoms with Gasteiger partial charge in [0.1, 0.15) is 0 Å². The van der Waals surface area contributed by atoms with E-state index in [1.807, 2.05) is 12.3 Å². The molecule has 3 heteroatoms. The molecule has 1 N–H and O–H groups in total. The number of aromatic nitrogens is 1. The number of unbranched alkanes of at least 4 members (excludes halogenated alkanes) is 1. The van der Waals surface area contributed by atoms with Crippen molar-refractivity contribution in [3.8, 4) is 0 Å². The van der Waals surface area contributed by atoms with Crippen molar-refractivity contribution in [3.63, 3.8) is 0 Å². The molecule has 1 aliphatic rings. The summed E-state index contributed by atoms with van der Waals surface area (Å²) in [5.74, 6) is 1.11. The summed E-state index contributed by atoms with van der Waals surface area (Å²) >= 11 is 0. The number of rotatable bonds is 4. The van der Waals surface area contributed by atoms with Gasteiger partial charge < -0.3 is 10.2 Å². The standard InChI is InChI=1S/C14H23N3/c1-14(2,3)8-4-5-10-17-11-16-12-7-6-9-15-13(12)17/h6-7,9,16H,4-5,8,10-11H2,1-3H3. The maximum absolute atomic E-state index is 4.43. The third-order valence-electron chi connectivity index (χ3n) is 3.15. The Labute approximate surface area is 104 Å². The zero-order chi connectivity index (χ0) is 12.3. The molecule has 2 rings (SSSR count). The second-order valence-corrected chi connectivity index (χ2v) is 5.99. The van der Waals surface area contributed by atoms with Crippen molar-refractivity contribution >= 4 is 11.5 Å². The second-order valence-electron chi connectivity index (χ2n) is 5.99. The molecular weight excluding hydrogens is 210 g/mol. The molecule has 0 fully saturated rings. The summed E-state index contributed by atoms with van der Waals surface area (Å²) in [5, 5.41) is 3.37. The van der Waals surface area contributed by atoms with Gasteiger partial charge >= 0.3 is 0 Å². The predicted molar refractivity (Wildman–Crippen MR) is 73.4 cm³/mol. The van der Waals surface area contributed by atoms with Crippen molar-refractivity contribution in [1.82, 2.24) is 4.98 Å². The van der Waals surface area contributed by atoms with Crippen LogP contribution >= 0.6 is 0 Å². The van der Waals surface area contributed by atoms with Crippen LogP contribution in [0.1, 0.15) is 40.0 Å². The quantitative estimate of drug-likeness (QED) is 0.807. The van der Waals surface area contributed by atoms with Gasteiger partial charge in [-0.1, -0.05) is 27.2 Å². The lowest BCUT2D eigenvalue weighted by Crippen LogP contribution is -2.24. The minimum atomic E-state index is 0.458. The van der Waals surface area contributed by atoms with Crippen LogP contribution in [0.2, 0.25) is 0 Å². The summed E-state index contributed by atoms with van der Waals surface area (Å²) in [6.45, 7) is 8.93. The molecule has 0 radical (unpaired) electrons. The molecule has 1 aliphatic heterocycles. The van der Waals surface area contributed by atoms with E-state index in [1.165, 1.54) is 24.9 Å². The highest BCUT2D eigenvalue weighted by molar-refractivity contribution is 5.70. The molecular formula is C14H23N3. The molecule has 0 saturated heterocycles. The number of nitrogens with zero attached hydrogens (tertiary/aromatic N) is 2. The van der Waals surface area contributed by atoms with Crippen LogP contribution in [0, 0.1) is 5.41 Å². The van der Waals surface area contributed by atoms with E-state index >= 15 is 0 Å². The van der Waals surface area contributed by atoms with Crippen molar-refractivity contribution < 1.29 is 0 Å². The fourth-order valence-corrected chi connectivity index (χ4v) is 2.19. The average molecular weight is 233 g/mol. The van der Waals surface area contributed by atoms with E-state index in [4.69, 9.17) is 0 Å². The van der Waals surface area contributed by atoms with E-state index in [1.54, 1.807) is 0 Å². The maximum Gasteiger partial charge on any atom is 0.153 e. The van der Waals surface area contributed by atoms with Crippen LogP contribution in [-0.2, 0) is 0 Å². The lowest BCUT2D eigenvalue weighted by molar-refractivity contribution is 0.361. The van der Waals surface area contributed by atoms with Crippen molar-refractivity contribution in [2.75, 3.05) is 23.4 Å². The molecule has 0 aliphatic carbocycles. The average Bonchev–Trinajstić information content (AvgIpc) is 2.67. The molecule has 0 atom stereocenters. The summed E-state index contributed by atoms with van der Waals surface area (Å²) in [6, 6.07) is 4.08. The van der Waals surface area contributed by atoms with Crippen LogP contribution in [0.15, 0.2) is 18.3 Å². The van der Waals surface area contributed by atoms with E-state index in [9.17, 15) is 0 Å². The summed E-state index contributed by atoms with van der Waals surface area (Å²) in [4.78, 5) is 6.76. The fraction of sp³-hybridized carbons (Fsp3) is 0.643. The molecule has 2 heterocycles. The molecule has 0 spiro atoms. The first-order valence-electron chi connectivity index (χ1n) is 6.50. The SMILES string of the molecule is CC(C)(C)CCCCN1CNc2cccnc21. The topological polar surface area (TPSA) is 28.2 Å². The Hall–Kier alpha value is -1.25. The Morgan fingerprint density at radius 1 is 1.35 bits per heavy atom. The molecule has 1 aromatic heterocycles. The van der Waals surface area contributed by atoms with Gasteiger partial charge in [0.25, 0.3) is 0 Å². The van der Waals surface area contributed by atoms with E-state index < -0.39 is 0 Å². The highest BCUT2D eigenvalue weighted by Crippen LogP contribution is 2.28. The Balaban J connectivity index is 1.78.